The largest absolute Gasteiger partial charge is 0.462 e. The van der Waals surface area contributed by atoms with Gasteiger partial charge in [0.25, 0.3) is 0 Å². The third-order valence-electron chi connectivity index (χ3n) is 7.03. The van der Waals surface area contributed by atoms with Crippen LogP contribution in [-0.2, 0) is 4.74 Å². The van der Waals surface area contributed by atoms with Crippen LogP contribution in [0.3, 0.4) is 0 Å². The molecule has 0 fully saturated rings. The van der Waals surface area contributed by atoms with Crippen molar-refractivity contribution in [2.45, 2.75) is 110 Å². The highest BCUT2D eigenvalue weighted by Crippen LogP contribution is 2.24. The normalized spacial score (nSPS) is 16.0. The summed E-state index contributed by atoms with van der Waals surface area (Å²) in [5, 5.41) is 24.0. The lowest BCUT2D eigenvalue weighted by Crippen LogP contribution is -2.51. The number of pyridine rings is 1. The standard InChI is InChI=1S/C29H52N2O4/c1-23(2)11-6-12-24(3)13-7-14-25(4)15-8-17-29(5,34)27(22-32)31-19-10-20-35-28(33)26-16-9-18-30-21-26/h9,16,18,21,23-25,27,31-32,34H,6-8,10-15,17,19-20,22H2,1-5H3. The van der Waals surface area contributed by atoms with Gasteiger partial charge in [0.15, 0.2) is 0 Å². The molecule has 0 amide bonds. The fourth-order valence-electron chi connectivity index (χ4n) is 4.52. The van der Waals surface area contributed by atoms with Gasteiger partial charge in [-0.25, -0.2) is 4.79 Å². The summed E-state index contributed by atoms with van der Waals surface area (Å²) in [6.07, 6.45) is 14.3. The Morgan fingerprint density at radius 2 is 1.66 bits per heavy atom. The lowest BCUT2D eigenvalue weighted by atomic mass is 9.87. The molecule has 0 saturated heterocycles. The number of rotatable bonds is 20. The molecule has 0 aliphatic rings. The molecule has 202 valence electrons. The molecule has 6 nitrogen and oxygen atoms in total. The maximum absolute atomic E-state index is 11.9. The minimum atomic E-state index is -0.980. The molecule has 0 radical (unpaired) electrons. The van der Waals surface area contributed by atoms with Crippen LogP contribution in [0.2, 0.25) is 0 Å². The van der Waals surface area contributed by atoms with Crippen molar-refractivity contribution in [1.29, 1.82) is 0 Å². The summed E-state index contributed by atoms with van der Waals surface area (Å²) in [6, 6.07) is 2.96. The maximum Gasteiger partial charge on any atom is 0.339 e. The van der Waals surface area contributed by atoms with E-state index in [1.54, 1.807) is 25.3 Å². The summed E-state index contributed by atoms with van der Waals surface area (Å²) in [5.74, 6) is 1.89. The molecule has 0 saturated carbocycles. The average Bonchev–Trinajstić information content (AvgIpc) is 2.81. The predicted molar refractivity (Wildman–Crippen MR) is 143 cm³/mol. The molecule has 6 heteroatoms. The number of hydrogen-bond acceptors (Lipinski definition) is 6. The van der Waals surface area contributed by atoms with E-state index in [1.165, 1.54) is 44.7 Å². The van der Waals surface area contributed by atoms with E-state index in [2.05, 4.69) is 38.0 Å². The smallest absolute Gasteiger partial charge is 0.339 e. The van der Waals surface area contributed by atoms with Crippen LogP contribution in [0.25, 0.3) is 0 Å². The van der Waals surface area contributed by atoms with Crippen LogP contribution >= 0.6 is 0 Å². The van der Waals surface area contributed by atoms with Gasteiger partial charge in [0, 0.05) is 12.4 Å². The van der Waals surface area contributed by atoms with Crippen LogP contribution in [-0.4, -0.2) is 52.6 Å². The van der Waals surface area contributed by atoms with Crippen molar-refractivity contribution in [2.24, 2.45) is 17.8 Å². The molecule has 1 aromatic heterocycles. The Balaban J connectivity index is 2.18. The Kier molecular flexibility index (Phi) is 16.1. The minimum absolute atomic E-state index is 0.132. The summed E-state index contributed by atoms with van der Waals surface area (Å²) < 4.78 is 5.25. The molecule has 1 heterocycles. The second-order valence-electron chi connectivity index (χ2n) is 11.1. The van der Waals surface area contributed by atoms with E-state index in [-0.39, 0.29) is 13.2 Å². The van der Waals surface area contributed by atoms with Crippen molar-refractivity contribution in [3.05, 3.63) is 30.1 Å². The predicted octanol–water partition coefficient (Wildman–Crippen LogP) is 5.77. The number of nitrogens with zero attached hydrogens (tertiary/aromatic N) is 1. The molecular weight excluding hydrogens is 440 g/mol. The molecule has 4 atom stereocenters. The monoisotopic (exact) mass is 492 g/mol. The Morgan fingerprint density at radius 3 is 2.23 bits per heavy atom. The number of hydrogen-bond donors (Lipinski definition) is 3. The molecule has 35 heavy (non-hydrogen) atoms. The van der Waals surface area contributed by atoms with Gasteiger partial charge in [-0.3, -0.25) is 4.98 Å². The number of carbonyl (C=O) groups excluding carboxylic acids is 1. The van der Waals surface area contributed by atoms with Crippen molar-refractivity contribution in [3.8, 4) is 0 Å². The lowest BCUT2D eigenvalue weighted by Gasteiger charge is -2.33. The first-order valence-corrected chi connectivity index (χ1v) is 13.8. The van der Waals surface area contributed by atoms with Gasteiger partial charge in [-0.15, -0.1) is 0 Å². The van der Waals surface area contributed by atoms with E-state index >= 15 is 0 Å². The van der Waals surface area contributed by atoms with Gasteiger partial charge in [0.05, 0.1) is 30.4 Å². The summed E-state index contributed by atoms with van der Waals surface area (Å²) in [4.78, 5) is 15.8. The highest BCUT2D eigenvalue weighted by molar-refractivity contribution is 5.88. The van der Waals surface area contributed by atoms with Gasteiger partial charge in [-0.05, 0) is 56.2 Å². The van der Waals surface area contributed by atoms with Crippen molar-refractivity contribution in [2.75, 3.05) is 19.8 Å². The van der Waals surface area contributed by atoms with E-state index in [9.17, 15) is 15.0 Å². The zero-order chi connectivity index (χ0) is 26.1. The molecule has 1 rings (SSSR count). The van der Waals surface area contributed by atoms with Crippen LogP contribution in [0.5, 0.6) is 0 Å². The molecule has 3 N–H and O–H groups in total. The zero-order valence-electron chi connectivity index (χ0n) is 23.0. The summed E-state index contributed by atoms with van der Waals surface area (Å²) in [5.41, 5.74) is -0.548. The van der Waals surface area contributed by atoms with Gasteiger partial charge in [-0.2, -0.15) is 0 Å². The average molecular weight is 493 g/mol. The van der Waals surface area contributed by atoms with E-state index in [1.807, 2.05) is 0 Å². The van der Waals surface area contributed by atoms with Crippen LogP contribution in [0.15, 0.2) is 24.5 Å². The van der Waals surface area contributed by atoms with Gasteiger partial charge in [0.2, 0.25) is 0 Å². The molecule has 0 spiro atoms. The number of aromatic nitrogens is 1. The van der Waals surface area contributed by atoms with Crippen molar-refractivity contribution >= 4 is 5.97 Å². The van der Waals surface area contributed by atoms with E-state index in [0.29, 0.717) is 30.9 Å². The van der Waals surface area contributed by atoms with Crippen LogP contribution < -0.4 is 5.32 Å². The second kappa shape index (κ2) is 17.9. The molecule has 0 aliphatic carbocycles. The molecule has 0 aromatic carbocycles. The first kappa shape index (κ1) is 31.5. The molecule has 0 bridgehead atoms. The number of ether oxygens (including phenoxy) is 1. The van der Waals surface area contributed by atoms with E-state index in [0.717, 1.165) is 24.7 Å². The topological polar surface area (TPSA) is 91.7 Å². The van der Waals surface area contributed by atoms with Crippen LogP contribution in [0.4, 0.5) is 0 Å². The van der Waals surface area contributed by atoms with Crippen LogP contribution in [0.1, 0.15) is 109 Å². The minimum Gasteiger partial charge on any atom is -0.462 e. The number of nitrogens with one attached hydrogen (secondary N) is 1. The van der Waals surface area contributed by atoms with Gasteiger partial charge in [0.1, 0.15) is 0 Å². The van der Waals surface area contributed by atoms with Crippen molar-refractivity contribution in [1.82, 2.24) is 10.3 Å². The van der Waals surface area contributed by atoms with Gasteiger partial charge < -0.3 is 20.3 Å². The fraction of sp³-hybridized carbons (Fsp3) is 0.793. The molecule has 4 unspecified atom stereocenters. The Hall–Kier alpha value is -1.50. The van der Waals surface area contributed by atoms with Gasteiger partial charge >= 0.3 is 5.97 Å². The lowest BCUT2D eigenvalue weighted by molar-refractivity contribution is -0.0115. The Labute approximate surface area is 214 Å². The maximum atomic E-state index is 11.9. The highest BCUT2D eigenvalue weighted by Gasteiger charge is 2.30. The summed E-state index contributed by atoms with van der Waals surface area (Å²) >= 11 is 0. The van der Waals surface area contributed by atoms with Crippen LogP contribution in [0, 0.1) is 17.8 Å². The van der Waals surface area contributed by atoms with E-state index in [4.69, 9.17) is 4.74 Å². The SMILES string of the molecule is CC(C)CCCC(C)CCCC(C)CCCC(C)(O)C(CO)NCCCOC(=O)c1cccnc1. The number of carbonyl (C=O) groups is 1. The van der Waals surface area contributed by atoms with Gasteiger partial charge in [-0.1, -0.05) is 79.1 Å². The Morgan fingerprint density at radius 1 is 1.03 bits per heavy atom. The molecular formula is C29H52N2O4. The quantitative estimate of drug-likeness (QED) is 0.158. The first-order valence-electron chi connectivity index (χ1n) is 13.8. The second-order valence-corrected chi connectivity index (χ2v) is 11.1. The molecule has 0 aliphatic heterocycles. The zero-order valence-corrected chi connectivity index (χ0v) is 23.0. The first-order chi connectivity index (χ1) is 16.7. The highest BCUT2D eigenvalue weighted by atomic mass is 16.5. The van der Waals surface area contributed by atoms with Crippen molar-refractivity contribution in [3.63, 3.8) is 0 Å². The number of aliphatic hydroxyl groups is 2. The number of aliphatic hydroxyl groups excluding tert-OH is 1. The fourth-order valence-corrected chi connectivity index (χ4v) is 4.52. The third-order valence-corrected chi connectivity index (χ3v) is 7.03. The summed E-state index contributed by atoms with van der Waals surface area (Å²) in [7, 11) is 0. The van der Waals surface area contributed by atoms with Crippen molar-refractivity contribution < 1.29 is 19.7 Å². The Bertz CT molecular complexity index is 666. The molecule has 1 aromatic rings. The summed E-state index contributed by atoms with van der Waals surface area (Å²) in [6.45, 7) is 11.8. The third kappa shape index (κ3) is 14.6. The number of esters is 1. The van der Waals surface area contributed by atoms with E-state index < -0.39 is 17.6 Å².